The van der Waals surface area contributed by atoms with Gasteiger partial charge in [-0.05, 0) is 18.2 Å². The summed E-state index contributed by atoms with van der Waals surface area (Å²) >= 11 is 0. The Morgan fingerprint density at radius 1 is 1.11 bits per heavy atom. The number of aromatic nitrogens is 2. The first-order valence-corrected chi connectivity index (χ1v) is 12.2. The second-order valence-electron chi connectivity index (χ2n) is 8.99. The maximum absolute atomic E-state index is 8.85. The van der Waals surface area contributed by atoms with E-state index in [0.29, 0.717) is 25.6 Å². The van der Waals surface area contributed by atoms with Gasteiger partial charge in [0.25, 0.3) is 0 Å². The van der Waals surface area contributed by atoms with E-state index in [9.17, 15) is 0 Å². The molecule has 1 aromatic heterocycles. The zero-order valence-corrected chi connectivity index (χ0v) is 21.3. The van der Waals surface area contributed by atoms with Gasteiger partial charge in [0, 0.05) is 74.2 Å². The molecule has 1 aliphatic rings. The average molecular weight is 488 g/mol. The number of hydrogen-bond donors (Lipinski definition) is 1. The summed E-state index contributed by atoms with van der Waals surface area (Å²) in [6.07, 6.45) is 4.17. The van der Waals surface area contributed by atoms with Crippen molar-refractivity contribution in [1.29, 1.82) is 5.26 Å². The average Bonchev–Trinajstić information content (AvgIpc) is 3.38. The zero-order valence-electron chi connectivity index (χ0n) is 21.3. The van der Waals surface area contributed by atoms with Crippen molar-refractivity contribution in [3.8, 4) is 17.6 Å². The van der Waals surface area contributed by atoms with Crippen LogP contribution < -0.4 is 19.7 Å². The van der Waals surface area contributed by atoms with Crippen molar-refractivity contribution < 1.29 is 9.47 Å². The molecule has 1 N–H and O–H groups in total. The Bertz CT molecular complexity index is 1230. The molecular formula is C27H33N7O2. The van der Waals surface area contributed by atoms with Crippen molar-refractivity contribution >= 4 is 28.6 Å². The van der Waals surface area contributed by atoms with E-state index in [2.05, 4.69) is 52.4 Å². The van der Waals surface area contributed by atoms with Gasteiger partial charge >= 0.3 is 0 Å². The van der Waals surface area contributed by atoms with Crippen LogP contribution in [0.15, 0.2) is 47.7 Å². The minimum Gasteiger partial charge on any atom is -0.497 e. The van der Waals surface area contributed by atoms with E-state index in [-0.39, 0.29) is 5.92 Å². The molecule has 0 saturated carbocycles. The Kier molecular flexibility index (Phi) is 8.18. The van der Waals surface area contributed by atoms with Gasteiger partial charge in [-0.2, -0.15) is 10.4 Å². The zero-order chi connectivity index (χ0) is 25.5. The lowest BCUT2D eigenvalue weighted by atomic mass is 10.1. The highest BCUT2D eigenvalue weighted by Crippen LogP contribution is 2.34. The number of fused-ring (bicyclic) bond motifs is 1. The summed E-state index contributed by atoms with van der Waals surface area (Å²) in [6.45, 7) is 7.16. The van der Waals surface area contributed by atoms with E-state index in [4.69, 9.17) is 19.7 Å². The Balaban J connectivity index is 1.66. The lowest BCUT2D eigenvalue weighted by Gasteiger charge is -2.27. The third kappa shape index (κ3) is 6.01. The Labute approximate surface area is 212 Å². The molecular weight excluding hydrogens is 454 g/mol. The minimum atomic E-state index is 0.0539. The number of ether oxygens (including phenoxy) is 2. The lowest BCUT2D eigenvalue weighted by Crippen LogP contribution is -2.32. The van der Waals surface area contributed by atoms with Crippen LogP contribution in [0, 0.1) is 11.3 Å². The van der Waals surface area contributed by atoms with Gasteiger partial charge < -0.3 is 19.7 Å². The maximum Gasteiger partial charge on any atom is 0.124 e. The number of rotatable bonds is 11. The molecule has 0 saturated heterocycles. The Morgan fingerprint density at radius 3 is 2.58 bits per heavy atom. The maximum atomic E-state index is 8.85. The summed E-state index contributed by atoms with van der Waals surface area (Å²) in [6, 6.07) is 14.6. The van der Waals surface area contributed by atoms with Crippen molar-refractivity contribution in [2.75, 3.05) is 45.3 Å². The van der Waals surface area contributed by atoms with Crippen molar-refractivity contribution in [1.82, 2.24) is 20.3 Å². The number of nitrogens with zero attached hydrogens (tertiary/aromatic N) is 6. The van der Waals surface area contributed by atoms with Crippen LogP contribution in [0.3, 0.4) is 0 Å². The van der Waals surface area contributed by atoms with Gasteiger partial charge in [0.1, 0.15) is 11.5 Å². The molecule has 4 rings (SSSR count). The molecule has 36 heavy (non-hydrogen) atoms. The van der Waals surface area contributed by atoms with Crippen molar-refractivity contribution in [2.45, 2.75) is 32.2 Å². The number of methoxy groups -OCH3 is 2. The molecule has 0 radical (unpaired) electrons. The topological polar surface area (TPSA) is 98.9 Å². The summed E-state index contributed by atoms with van der Waals surface area (Å²) < 4.78 is 11.0. The third-order valence-corrected chi connectivity index (χ3v) is 6.07. The quantitative estimate of drug-likeness (QED) is 0.432. The monoisotopic (exact) mass is 487 g/mol. The van der Waals surface area contributed by atoms with E-state index in [1.165, 1.54) is 0 Å². The van der Waals surface area contributed by atoms with E-state index in [0.717, 1.165) is 52.7 Å². The number of hydrogen-bond acceptors (Lipinski definition) is 9. The smallest absolute Gasteiger partial charge is 0.124 e. The van der Waals surface area contributed by atoms with Crippen LogP contribution in [0.5, 0.6) is 11.5 Å². The molecule has 1 aliphatic heterocycles. The largest absolute Gasteiger partial charge is 0.497 e. The molecule has 2 aromatic carbocycles. The predicted molar refractivity (Wildman–Crippen MR) is 142 cm³/mol. The van der Waals surface area contributed by atoms with Crippen LogP contribution >= 0.6 is 0 Å². The van der Waals surface area contributed by atoms with E-state index in [1.807, 2.05) is 41.7 Å². The van der Waals surface area contributed by atoms with Crippen LogP contribution in [-0.4, -0.2) is 67.6 Å². The van der Waals surface area contributed by atoms with Crippen LogP contribution in [0.2, 0.25) is 0 Å². The van der Waals surface area contributed by atoms with Gasteiger partial charge in [0.05, 0.1) is 49.4 Å². The highest BCUT2D eigenvalue weighted by Gasteiger charge is 2.21. The molecule has 0 amide bonds. The molecule has 188 valence electrons. The number of nitrogens with one attached hydrogen (secondary N) is 1. The van der Waals surface area contributed by atoms with Crippen LogP contribution in [0.25, 0.3) is 11.0 Å². The molecule has 9 nitrogen and oxygen atoms in total. The predicted octanol–water partition coefficient (Wildman–Crippen LogP) is 4.08. The van der Waals surface area contributed by atoms with Crippen LogP contribution in [0.1, 0.15) is 31.9 Å². The van der Waals surface area contributed by atoms with Crippen LogP contribution in [-0.2, 0) is 0 Å². The first kappa shape index (κ1) is 25.2. The molecule has 1 atom stereocenters. The number of anilines is 2. The normalized spacial score (nSPS) is 14.9. The SMILES string of the molecule is COc1cc(OC)cc(N(CCNC(C)C)c2ccc3ncc(C4C=NN(CCC#N)C4)nc3c2)c1. The van der Waals surface area contributed by atoms with E-state index in [1.54, 1.807) is 14.2 Å². The molecule has 0 spiro atoms. The van der Waals surface area contributed by atoms with Gasteiger partial charge in [-0.1, -0.05) is 13.8 Å². The first-order chi connectivity index (χ1) is 17.5. The van der Waals surface area contributed by atoms with Gasteiger partial charge in [0.15, 0.2) is 0 Å². The summed E-state index contributed by atoms with van der Waals surface area (Å²) in [5, 5.41) is 18.7. The van der Waals surface area contributed by atoms with Gasteiger partial charge in [-0.15, -0.1) is 0 Å². The van der Waals surface area contributed by atoms with Crippen molar-refractivity contribution in [3.05, 3.63) is 48.3 Å². The second-order valence-corrected chi connectivity index (χ2v) is 8.99. The van der Waals surface area contributed by atoms with Gasteiger partial charge in [-0.25, -0.2) is 4.98 Å². The molecule has 2 heterocycles. The molecule has 0 aliphatic carbocycles. The molecule has 1 unspecified atom stereocenters. The Morgan fingerprint density at radius 2 is 1.89 bits per heavy atom. The standard InChI is InChI=1S/C27H33N7O2/c1-19(2)29-9-11-34(22-12-23(35-3)15-24(13-22)36-4)21-6-7-25-26(14-21)32-27(17-30-25)20-16-31-33(18-20)10-5-8-28/h6-7,12-17,19-20,29H,5,9-11,18H2,1-4H3. The van der Waals surface area contributed by atoms with Gasteiger partial charge in [-0.3, -0.25) is 9.99 Å². The highest BCUT2D eigenvalue weighted by atomic mass is 16.5. The molecule has 9 heteroatoms. The number of benzene rings is 2. The highest BCUT2D eigenvalue weighted by molar-refractivity contribution is 5.82. The van der Waals surface area contributed by atoms with Gasteiger partial charge in [0.2, 0.25) is 0 Å². The fourth-order valence-electron chi connectivity index (χ4n) is 4.18. The molecule has 0 fully saturated rings. The lowest BCUT2D eigenvalue weighted by molar-refractivity contribution is 0.316. The molecule has 0 bridgehead atoms. The molecule has 3 aromatic rings. The van der Waals surface area contributed by atoms with Crippen molar-refractivity contribution in [3.63, 3.8) is 0 Å². The Hall–Kier alpha value is -3.90. The van der Waals surface area contributed by atoms with E-state index < -0.39 is 0 Å². The summed E-state index contributed by atoms with van der Waals surface area (Å²) in [5.74, 6) is 1.52. The third-order valence-electron chi connectivity index (χ3n) is 6.07. The second kappa shape index (κ2) is 11.7. The number of nitriles is 1. The fourth-order valence-corrected chi connectivity index (χ4v) is 4.18. The summed E-state index contributed by atoms with van der Waals surface area (Å²) in [7, 11) is 3.31. The summed E-state index contributed by atoms with van der Waals surface area (Å²) in [4.78, 5) is 11.8. The minimum absolute atomic E-state index is 0.0539. The van der Waals surface area contributed by atoms with Crippen LogP contribution in [0.4, 0.5) is 11.4 Å². The fraction of sp³-hybridized carbons (Fsp3) is 0.407. The summed E-state index contributed by atoms with van der Waals surface area (Å²) in [5.41, 5.74) is 4.51. The van der Waals surface area contributed by atoms with Crippen molar-refractivity contribution in [2.24, 2.45) is 5.10 Å². The number of hydrazone groups is 1. The van der Waals surface area contributed by atoms with E-state index >= 15 is 0 Å². The first-order valence-electron chi connectivity index (χ1n) is 12.2.